The number of hydrogen-bond donors (Lipinski definition) is 1. The molecule has 0 aliphatic rings. The number of hydrogen-bond acceptors (Lipinski definition) is 3. The van der Waals surface area contributed by atoms with Crippen molar-refractivity contribution in [1.82, 2.24) is 9.88 Å². The molecule has 0 saturated carbocycles. The smallest absolute Gasteiger partial charge is 0.255 e. The van der Waals surface area contributed by atoms with Crippen LogP contribution < -0.4 is 15.6 Å². The lowest BCUT2D eigenvalue weighted by Crippen LogP contribution is -2.26. The Labute approximate surface area is 129 Å². The highest BCUT2D eigenvalue weighted by Crippen LogP contribution is 2.29. The second-order valence-corrected chi connectivity index (χ2v) is 5.08. The van der Waals surface area contributed by atoms with E-state index in [0.29, 0.717) is 23.9 Å². The summed E-state index contributed by atoms with van der Waals surface area (Å²) in [6.07, 6.45) is 0. The zero-order chi connectivity index (χ0) is 15.4. The van der Waals surface area contributed by atoms with E-state index in [2.05, 4.69) is 5.32 Å². The molecule has 0 radical (unpaired) electrons. The van der Waals surface area contributed by atoms with Gasteiger partial charge in [-0.25, -0.2) is 0 Å². The summed E-state index contributed by atoms with van der Waals surface area (Å²) in [6.45, 7) is 3.12. The van der Waals surface area contributed by atoms with Crippen molar-refractivity contribution in [3.05, 3.63) is 51.3 Å². The van der Waals surface area contributed by atoms with Gasteiger partial charge in [0.15, 0.2) is 0 Å². The molecule has 1 aromatic carbocycles. The van der Waals surface area contributed by atoms with Crippen molar-refractivity contribution in [2.24, 2.45) is 0 Å². The molecule has 0 fully saturated rings. The first-order chi connectivity index (χ1) is 10.1. The largest absolute Gasteiger partial charge is 0.495 e. The number of rotatable bonds is 5. The molecule has 21 heavy (non-hydrogen) atoms. The number of nitrogens with zero attached hydrogens (tertiary/aromatic N) is 1. The first-order valence-corrected chi connectivity index (χ1v) is 7.21. The van der Waals surface area contributed by atoms with Crippen LogP contribution in [0.15, 0.2) is 35.1 Å². The van der Waals surface area contributed by atoms with Crippen molar-refractivity contribution < 1.29 is 4.74 Å². The second-order valence-electron chi connectivity index (χ2n) is 4.67. The lowest BCUT2D eigenvalue weighted by molar-refractivity contribution is 0.415. The fraction of sp³-hybridized carbons (Fsp3) is 0.312. The molecule has 0 spiro atoms. The lowest BCUT2D eigenvalue weighted by atomic mass is 10.1. The van der Waals surface area contributed by atoms with Crippen LogP contribution in [-0.2, 0) is 13.1 Å². The van der Waals surface area contributed by atoms with Crippen LogP contribution in [0.4, 0.5) is 0 Å². The van der Waals surface area contributed by atoms with Crippen LogP contribution in [-0.4, -0.2) is 18.7 Å². The van der Waals surface area contributed by atoms with Crippen molar-refractivity contribution in [1.29, 1.82) is 0 Å². The molecule has 0 aliphatic carbocycles. The van der Waals surface area contributed by atoms with E-state index in [4.69, 9.17) is 16.3 Å². The Morgan fingerprint density at radius 3 is 2.62 bits per heavy atom. The number of nitrogens with one attached hydrogen (secondary N) is 1. The summed E-state index contributed by atoms with van der Waals surface area (Å²) in [5.74, 6) is 0.623. The number of halogens is 1. The fourth-order valence-corrected chi connectivity index (χ4v) is 2.60. The highest BCUT2D eigenvalue weighted by molar-refractivity contribution is 6.32. The summed E-state index contributed by atoms with van der Waals surface area (Å²) >= 11 is 6.17. The van der Waals surface area contributed by atoms with E-state index in [9.17, 15) is 4.79 Å². The molecule has 1 heterocycles. The molecule has 5 heteroatoms. The monoisotopic (exact) mass is 306 g/mol. The number of benzene rings is 1. The van der Waals surface area contributed by atoms with E-state index >= 15 is 0 Å². The Bertz CT molecular complexity index is 695. The van der Waals surface area contributed by atoms with Crippen LogP contribution >= 0.6 is 11.6 Å². The first-order valence-electron chi connectivity index (χ1n) is 6.83. The molecule has 0 atom stereocenters. The maximum atomic E-state index is 12.5. The van der Waals surface area contributed by atoms with Crippen LogP contribution in [0.5, 0.6) is 5.75 Å². The average Bonchev–Trinajstić information content (AvgIpc) is 2.49. The molecule has 2 aromatic rings. The molecule has 0 aliphatic heterocycles. The molecule has 0 unspecified atom stereocenters. The van der Waals surface area contributed by atoms with E-state index in [0.717, 1.165) is 16.8 Å². The third-order valence-electron chi connectivity index (χ3n) is 3.38. The van der Waals surface area contributed by atoms with E-state index < -0.39 is 0 Å². The fourth-order valence-electron chi connectivity index (χ4n) is 2.34. The van der Waals surface area contributed by atoms with Crippen LogP contribution in [0.3, 0.4) is 0 Å². The normalized spacial score (nSPS) is 10.7. The predicted molar refractivity (Wildman–Crippen MR) is 86.1 cm³/mol. The van der Waals surface area contributed by atoms with Crippen molar-refractivity contribution in [2.75, 3.05) is 14.2 Å². The van der Waals surface area contributed by atoms with Gasteiger partial charge in [-0.3, -0.25) is 4.79 Å². The molecule has 0 amide bonds. The van der Waals surface area contributed by atoms with Crippen LogP contribution in [0.1, 0.15) is 12.5 Å². The Balaban J connectivity index is 2.56. The SMILES string of the molecule is CCn1c(-c2ccc(OC)c(Cl)c2)ccc(CNC)c1=O. The van der Waals surface area contributed by atoms with Gasteiger partial charge in [0.25, 0.3) is 5.56 Å². The quantitative estimate of drug-likeness (QED) is 0.923. The third kappa shape index (κ3) is 3.12. The van der Waals surface area contributed by atoms with Gasteiger partial charge in [0.2, 0.25) is 0 Å². The first kappa shape index (κ1) is 15.6. The Morgan fingerprint density at radius 2 is 2.05 bits per heavy atom. The zero-order valence-electron chi connectivity index (χ0n) is 12.4. The van der Waals surface area contributed by atoms with Crippen molar-refractivity contribution >= 4 is 11.6 Å². The highest BCUT2D eigenvalue weighted by Gasteiger charge is 2.10. The molecule has 0 bridgehead atoms. The van der Waals surface area contributed by atoms with Crippen LogP contribution in [0.2, 0.25) is 5.02 Å². The van der Waals surface area contributed by atoms with Gasteiger partial charge >= 0.3 is 0 Å². The maximum Gasteiger partial charge on any atom is 0.255 e. The van der Waals surface area contributed by atoms with E-state index in [1.54, 1.807) is 11.7 Å². The van der Waals surface area contributed by atoms with Gasteiger partial charge in [0, 0.05) is 18.7 Å². The van der Waals surface area contributed by atoms with Crippen molar-refractivity contribution in [2.45, 2.75) is 20.0 Å². The van der Waals surface area contributed by atoms with Crippen molar-refractivity contribution in [3.63, 3.8) is 0 Å². The molecular weight excluding hydrogens is 288 g/mol. The summed E-state index contributed by atoms with van der Waals surface area (Å²) in [6, 6.07) is 9.35. The minimum Gasteiger partial charge on any atom is -0.495 e. The zero-order valence-corrected chi connectivity index (χ0v) is 13.2. The Kier molecular flexibility index (Phi) is 5.04. The minimum absolute atomic E-state index is 0.0243. The number of pyridine rings is 1. The number of ether oxygens (including phenoxy) is 1. The third-order valence-corrected chi connectivity index (χ3v) is 3.68. The van der Waals surface area contributed by atoms with Crippen LogP contribution in [0.25, 0.3) is 11.3 Å². The number of methoxy groups -OCH3 is 1. The van der Waals surface area contributed by atoms with Crippen LogP contribution in [0, 0.1) is 0 Å². The molecular formula is C16H19ClN2O2. The summed E-state index contributed by atoms with van der Waals surface area (Å²) in [5.41, 5.74) is 2.53. The van der Waals surface area contributed by atoms with E-state index in [-0.39, 0.29) is 5.56 Å². The summed E-state index contributed by atoms with van der Waals surface area (Å²) in [4.78, 5) is 12.5. The molecule has 0 saturated heterocycles. The highest BCUT2D eigenvalue weighted by atomic mass is 35.5. The van der Waals surface area contributed by atoms with Gasteiger partial charge in [-0.1, -0.05) is 17.7 Å². The Morgan fingerprint density at radius 1 is 1.29 bits per heavy atom. The Hall–Kier alpha value is -1.78. The predicted octanol–water partition coefficient (Wildman–Crippen LogP) is 2.92. The maximum absolute atomic E-state index is 12.5. The second kappa shape index (κ2) is 6.78. The molecule has 1 aromatic heterocycles. The average molecular weight is 307 g/mol. The van der Waals surface area contributed by atoms with Gasteiger partial charge in [-0.2, -0.15) is 0 Å². The molecule has 112 valence electrons. The summed E-state index contributed by atoms with van der Waals surface area (Å²) < 4.78 is 6.91. The summed E-state index contributed by atoms with van der Waals surface area (Å²) in [5, 5.41) is 3.54. The summed E-state index contributed by atoms with van der Waals surface area (Å²) in [7, 11) is 3.41. The molecule has 2 rings (SSSR count). The molecule has 1 N–H and O–H groups in total. The number of aromatic nitrogens is 1. The lowest BCUT2D eigenvalue weighted by Gasteiger charge is -2.14. The van der Waals surface area contributed by atoms with Crippen molar-refractivity contribution in [3.8, 4) is 17.0 Å². The van der Waals surface area contributed by atoms with Gasteiger partial charge < -0.3 is 14.6 Å². The van der Waals surface area contributed by atoms with Gasteiger partial charge in [-0.15, -0.1) is 0 Å². The standard InChI is InChI=1S/C16H19ClN2O2/c1-4-19-14(7-5-12(10-18-2)16(19)20)11-6-8-15(21-3)13(17)9-11/h5-9,18H,4,10H2,1-3H3. The van der Waals surface area contributed by atoms with E-state index in [1.807, 2.05) is 44.3 Å². The van der Waals surface area contributed by atoms with Gasteiger partial charge in [0.1, 0.15) is 5.75 Å². The van der Waals surface area contributed by atoms with Gasteiger partial charge in [-0.05, 0) is 43.8 Å². The van der Waals surface area contributed by atoms with Gasteiger partial charge in [0.05, 0.1) is 17.8 Å². The topological polar surface area (TPSA) is 43.3 Å². The van der Waals surface area contributed by atoms with E-state index in [1.165, 1.54) is 0 Å². The minimum atomic E-state index is 0.0243. The molecule has 4 nitrogen and oxygen atoms in total.